The van der Waals surface area contributed by atoms with Crippen LogP contribution in [0.2, 0.25) is 5.02 Å². The summed E-state index contributed by atoms with van der Waals surface area (Å²) < 4.78 is 0. The summed E-state index contributed by atoms with van der Waals surface area (Å²) in [5.41, 5.74) is 11.8. The maximum absolute atomic E-state index is 6.08. The van der Waals surface area contributed by atoms with E-state index in [2.05, 4.69) is 32.0 Å². The summed E-state index contributed by atoms with van der Waals surface area (Å²) in [6.45, 7) is 4.78. The Morgan fingerprint density at radius 2 is 1.82 bits per heavy atom. The van der Waals surface area contributed by atoms with Crippen molar-refractivity contribution >= 4 is 11.6 Å². The number of hydrogen-bond acceptors (Lipinski definition) is 1. The van der Waals surface area contributed by atoms with Crippen LogP contribution in [0.25, 0.3) is 11.1 Å². The molecule has 0 aliphatic rings. The van der Waals surface area contributed by atoms with Crippen LogP contribution in [0, 0.1) is 13.8 Å². The Bertz CT molecular complexity index is 547. The lowest BCUT2D eigenvalue weighted by Crippen LogP contribution is -2.00. The topological polar surface area (TPSA) is 26.0 Å². The zero-order chi connectivity index (χ0) is 12.4. The van der Waals surface area contributed by atoms with Crippen molar-refractivity contribution in [3.63, 3.8) is 0 Å². The molecule has 0 unspecified atom stereocenters. The van der Waals surface area contributed by atoms with E-state index in [1.807, 2.05) is 18.2 Å². The Morgan fingerprint density at radius 1 is 1.06 bits per heavy atom. The number of aryl methyl sites for hydroxylation is 1. The van der Waals surface area contributed by atoms with Crippen LogP contribution in [-0.2, 0) is 6.54 Å². The van der Waals surface area contributed by atoms with Crippen LogP contribution < -0.4 is 5.73 Å². The molecule has 0 aromatic heterocycles. The second-order valence-electron chi connectivity index (χ2n) is 4.25. The van der Waals surface area contributed by atoms with Gasteiger partial charge in [0.05, 0.1) is 0 Å². The summed E-state index contributed by atoms with van der Waals surface area (Å²) >= 11 is 6.08. The first-order valence-corrected chi connectivity index (χ1v) is 6.06. The van der Waals surface area contributed by atoms with Gasteiger partial charge in [0.15, 0.2) is 0 Å². The maximum Gasteiger partial charge on any atom is 0.0412 e. The number of halogens is 1. The Hall–Kier alpha value is -1.31. The van der Waals surface area contributed by atoms with Crippen molar-refractivity contribution in [1.82, 2.24) is 0 Å². The molecule has 0 amide bonds. The number of rotatable bonds is 2. The van der Waals surface area contributed by atoms with Gasteiger partial charge in [-0.25, -0.2) is 0 Å². The minimum Gasteiger partial charge on any atom is -0.326 e. The second kappa shape index (κ2) is 4.91. The lowest BCUT2D eigenvalue weighted by Gasteiger charge is -2.13. The largest absolute Gasteiger partial charge is 0.326 e. The molecule has 0 saturated carbocycles. The van der Waals surface area contributed by atoms with Gasteiger partial charge in [-0.1, -0.05) is 35.9 Å². The lowest BCUT2D eigenvalue weighted by molar-refractivity contribution is 1.07. The van der Waals surface area contributed by atoms with E-state index in [9.17, 15) is 0 Å². The maximum atomic E-state index is 6.08. The van der Waals surface area contributed by atoms with E-state index in [-0.39, 0.29) is 0 Å². The fourth-order valence-electron chi connectivity index (χ4n) is 2.02. The van der Waals surface area contributed by atoms with Crippen molar-refractivity contribution in [2.24, 2.45) is 5.73 Å². The highest BCUT2D eigenvalue weighted by Crippen LogP contribution is 2.30. The molecule has 0 saturated heterocycles. The average Bonchev–Trinajstić information content (AvgIpc) is 2.33. The van der Waals surface area contributed by atoms with Crippen molar-refractivity contribution in [3.05, 3.63) is 58.1 Å². The van der Waals surface area contributed by atoms with Crippen LogP contribution in [0.5, 0.6) is 0 Å². The average molecular weight is 246 g/mol. The third kappa shape index (κ3) is 2.36. The van der Waals surface area contributed by atoms with Gasteiger partial charge in [-0.2, -0.15) is 0 Å². The summed E-state index contributed by atoms with van der Waals surface area (Å²) in [5, 5.41) is 0.748. The Morgan fingerprint density at radius 3 is 2.53 bits per heavy atom. The molecular formula is C15H16ClN. The zero-order valence-corrected chi connectivity index (χ0v) is 10.9. The Labute approximate surface area is 107 Å². The normalized spacial score (nSPS) is 10.6. The molecule has 1 nitrogen and oxygen atoms in total. The van der Waals surface area contributed by atoms with E-state index in [1.54, 1.807) is 0 Å². The van der Waals surface area contributed by atoms with E-state index < -0.39 is 0 Å². The van der Waals surface area contributed by atoms with E-state index in [4.69, 9.17) is 17.3 Å². The third-order valence-electron chi connectivity index (χ3n) is 3.19. The third-order valence-corrected chi connectivity index (χ3v) is 3.42. The summed E-state index contributed by atoms with van der Waals surface area (Å²) in [5.74, 6) is 0. The highest BCUT2D eigenvalue weighted by atomic mass is 35.5. The Balaban J connectivity index is 2.67. The minimum absolute atomic E-state index is 0.528. The van der Waals surface area contributed by atoms with Crippen LogP contribution >= 0.6 is 11.6 Å². The summed E-state index contributed by atoms with van der Waals surface area (Å²) in [6, 6.07) is 12.2. The van der Waals surface area contributed by atoms with Gasteiger partial charge in [-0.15, -0.1) is 0 Å². The summed E-state index contributed by atoms with van der Waals surface area (Å²) in [6.07, 6.45) is 0. The second-order valence-corrected chi connectivity index (χ2v) is 4.69. The zero-order valence-electron chi connectivity index (χ0n) is 10.1. The van der Waals surface area contributed by atoms with Crippen molar-refractivity contribution in [3.8, 4) is 11.1 Å². The van der Waals surface area contributed by atoms with Crippen LogP contribution in [0.3, 0.4) is 0 Å². The molecule has 2 aromatic carbocycles. The lowest BCUT2D eigenvalue weighted by atomic mass is 9.94. The minimum atomic E-state index is 0.528. The number of benzene rings is 2. The molecule has 0 radical (unpaired) electrons. The predicted molar refractivity (Wildman–Crippen MR) is 74.3 cm³/mol. The highest BCUT2D eigenvalue weighted by Gasteiger charge is 2.08. The van der Waals surface area contributed by atoms with Crippen molar-refractivity contribution in [2.45, 2.75) is 20.4 Å². The molecule has 17 heavy (non-hydrogen) atoms. The van der Waals surface area contributed by atoms with Crippen LogP contribution in [-0.4, -0.2) is 0 Å². The molecule has 0 atom stereocenters. The first-order valence-electron chi connectivity index (χ1n) is 5.68. The van der Waals surface area contributed by atoms with Gasteiger partial charge in [0.2, 0.25) is 0 Å². The molecule has 0 aliphatic heterocycles. The molecule has 2 heteroatoms. The van der Waals surface area contributed by atoms with Crippen molar-refractivity contribution in [2.75, 3.05) is 0 Å². The summed E-state index contributed by atoms with van der Waals surface area (Å²) in [4.78, 5) is 0. The molecule has 0 aliphatic carbocycles. The molecule has 0 heterocycles. The van der Waals surface area contributed by atoms with Crippen LogP contribution in [0.15, 0.2) is 36.4 Å². The molecule has 0 spiro atoms. The number of nitrogens with two attached hydrogens (primary N) is 1. The van der Waals surface area contributed by atoms with Gasteiger partial charge >= 0.3 is 0 Å². The quantitative estimate of drug-likeness (QED) is 0.848. The molecule has 0 bridgehead atoms. The van der Waals surface area contributed by atoms with Gasteiger partial charge in [0.25, 0.3) is 0 Å². The van der Waals surface area contributed by atoms with Gasteiger partial charge in [0.1, 0.15) is 0 Å². The van der Waals surface area contributed by atoms with Crippen molar-refractivity contribution in [1.29, 1.82) is 0 Å². The van der Waals surface area contributed by atoms with Gasteiger partial charge in [0, 0.05) is 11.6 Å². The monoisotopic (exact) mass is 245 g/mol. The molecular weight excluding hydrogens is 230 g/mol. The Kier molecular flexibility index (Phi) is 3.51. The van der Waals surface area contributed by atoms with Gasteiger partial charge < -0.3 is 5.73 Å². The van der Waals surface area contributed by atoms with E-state index in [1.165, 1.54) is 16.7 Å². The molecule has 2 aromatic rings. The van der Waals surface area contributed by atoms with Crippen LogP contribution in [0.4, 0.5) is 0 Å². The highest BCUT2D eigenvalue weighted by molar-refractivity contribution is 6.30. The standard InChI is InChI=1S/C15H16ClN/c1-10-4-3-5-14(11(10)2)15-8-13(16)7-6-12(15)9-17/h3-8H,9,17H2,1-2H3. The molecule has 2 rings (SSSR count). The van der Waals surface area contributed by atoms with E-state index in [0.717, 1.165) is 16.1 Å². The summed E-state index contributed by atoms with van der Waals surface area (Å²) in [7, 11) is 0. The van der Waals surface area contributed by atoms with Crippen LogP contribution in [0.1, 0.15) is 16.7 Å². The first kappa shape index (κ1) is 12.2. The first-order chi connectivity index (χ1) is 8.13. The number of hydrogen-bond donors (Lipinski definition) is 1. The molecule has 88 valence electrons. The predicted octanol–water partition coefficient (Wildman–Crippen LogP) is 4.08. The fourth-order valence-corrected chi connectivity index (χ4v) is 2.19. The smallest absolute Gasteiger partial charge is 0.0412 e. The fraction of sp³-hybridized carbons (Fsp3) is 0.200. The van der Waals surface area contributed by atoms with Crippen molar-refractivity contribution < 1.29 is 0 Å². The van der Waals surface area contributed by atoms with Gasteiger partial charge in [-0.05, 0) is 53.8 Å². The molecule has 2 N–H and O–H groups in total. The molecule has 0 fully saturated rings. The van der Waals surface area contributed by atoms with E-state index in [0.29, 0.717) is 6.54 Å². The van der Waals surface area contributed by atoms with Gasteiger partial charge in [-0.3, -0.25) is 0 Å². The van der Waals surface area contributed by atoms with E-state index >= 15 is 0 Å². The SMILES string of the molecule is Cc1cccc(-c2cc(Cl)ccc2CN)c1C.